The van der Waals surface area contributed by atoms with E-state index in [1.807, 2.05) is 16.8 Å². The fourth-order valence-electron chi connectivity index (χ4n) is 2.55. The zero-order chi connectivity index (χ0) is 13.2. The first-order valence-electron chi connectivity index (χ1n) is 7.12. The van der Waals surface area contributed by atoms with Crippen LogP contribution in [0.5, 0.6) is 0 Å². The van der Waals surface area contributed by atoms with Gasteiger partial charge in [0.25, 0.3) is 0 Å². The molecule has 1 heterocycles. The van der Waals surface area contributed by atoms with Crippen molar-refractivity contribution in [3.05, 3.63) is 30.0 Å². The second-order valence-corrected chi connectivity index (χ2v) is 5.32. The second-order valence-electron chi connectivity index (χ2n) is 5.32. The van der Waals surface area contributed by atoms with Crippen molar-refractivity contribution in [1.29, 1.82) is 0 Å². The van der Waals surface area contributed by atoms with Gasteiger partial charge in [0, 0.05) is 25.0 Å². The van der Waals surface area contributed by atoms with Crippen LogP contribution in [-0.2, 0) is 13.1 Å². The topological polar surface area (TPSA) is 50.1 Å². The molecule has 19 heavy (non-hydrogen) atoms. The van der Waals surface area contributed by atoms with Crippen molar-refractivity contribution in [1.82, 2.24) is 15.1 Å². The molecule has 0 saturated heterocycles. The van der Waals surface area contributed by atoms with E-state index >= 15 is 0 Å². The van der Waals surface area contributed by atoms with Crippen molar-refractivity contribution in [3.8, 4) is 0 Å². The maximum atomic E-state index is 9.84. The Morgan fingerprint density at radius 1 is 1.42 bits per heavy atom. The first kappa shape index (κ1) is 12.6. The zero-order valence-corrected chi connectivity index (χ0v) is 11.3. The zero-order valence-electron chi connectivity index (χ0n) is 11.3. The molecule has 1 aromatic heterocycles. The Balaban J connectivity index is 1.69. The summed E-state index contributed by atoms with van der Waals surface area (Å²) in [7, 11) is 0. The Labute approximate surface area is 113 Å². The summed E-state index contributed by atoms with van der Waals surface area (Å²) in [4.78, 5) is 0. The van der Waals surface area contributed by atoms with Gasteiger partial charge in [-0.3, -0.25) is 4.68 Å². The molecule has 1 unspecified atom stereocenters. The van der Waals surface area contributed by atoms with E-state index in [0.717, 1.165) is 18.8 Å². The number of para-hydroxylation sites is 1. The van der Waals surface area contributed by atoms with E-state index < -0.39 is 0 Å². The van der Waals surface area contributed by atoms with Crippen LogP contribution in [0.25, 0.3) is 10.9 Å². The Hall–Kier alpha value is -1.39. The Morgan fingerprint density at radius 2 is 2.21 bits per heavy atom. The monoisotopic (exact) mass is 259 g/mol. The minimum Gasteiger partial charge on any atom is -0.392 e. The van der Waals surface area contributed by atoms with E-state index in [1.165, 1.54) is 23.7 Å². The first-order chi connectivity index (χ1) is 9.29. The van der Waals surface area contributed by atoms with Gasteiger partial charge < -0.3 is 10.4 Å². The van der Waals surface area contributed by atoms with Crippen LogP contribution < -0.4 is 5.32 Å². The maximum absolute atomic E-state index is 9.84. The molecule has 1 aliphatic rings. The lowest BCUT2D eigenvalue weighted by Gasteiger charge is -2.09. The molecule has 4 heteroatoms. The summed E-state index contributed by atoms with van der Waals surface area (Å²) in [5.41, 5.74) is 2.25. The van der Waals surface area contributed by atoms with Crippen LogP contribution in [0.1, 0.15) is 25.5 Å². The smallest absolute Gasteiger partial charge is 0.0841 e. The average Bonchev–Trinajstić information content (AvgIpc) is 3.22. The van der Waals surface area contributed by atoms with Gasteiger partial charge in [0.15, 0.2) is 0 Å². The van der Waals surface area contributed by atoms with Gasteiger partial charge in [0.05, 0.1) is 17.3 Å². The highest BCUT2D eigenvalue weighted by Gasteiger charge is 2.29. The summed E-state index contributed by atoms with van der Waals surface area (Å²) in [5.74, 6) is 0.525. The van der Waals surface area contributed by atoms with Crippen molar-refractivity contribution in [2.24, 2.45) is 5.92 Å². The molecule has 1 aromatic carbocycles. The molecule has 0 aliphatic heterocycles. The van der Waals surface area contributed by atoms with E-state index in [1.54, 1.807) is 0 Å². The minimum atomic E-state index is -0.195. The van der Waals surface area contributed by atoms with Gasteiger partial charge in [-0.25, -0.2) is 0 Å². The standard InChI is InChI=1S/C15H21N3O/c1-2-18-14-6-4-3-5-12(14)13(17-18)9-16-10-15(19)11-7-8-11/h3-6,11,15-16,19H,2,7-10H2,1H3. The molecule has 3 rings (SSSR count). The highest BCUT2D eigenvalue weighted by molar-refractivity contribution is 5.81. The second kappa shape index (κ2) is 5.31. The van der Waals surface area contributed by atoms with Gasteiger partial charge in [-0.15, -0.1) is 0 Å². The van der Waals surface area contributed by atoms with Gasteiger partial charge in [-0.05, 0) is 31.7 Å². The lowest BCUT2D eigenvalue weighted by molar-refractivity contribution is 0.148. The molecule has 0 radical (unpaired) electrons. The highest BCUT2D eigenvalue weighted by Crippen LogP contribution is 2.32. The van der Waals surface area contributed by atoms with Crippen LogP contribution in [0.3, 0.4) is 0 Å². The SMILES string of the molecule is CCn1nc(CNCC(O)C2CC2)c2ccccc21. The van der Waals surface area contributed by atoms with Crippen LogP contribution in [-0.4, -0.2) is 27.5 Å². The molecule has 1 aliphatic carbocycles. The van der Waals surface area contributed by atoms with Crippen LogP contribution in [0.15, 0.2) is 24.3 Å². The summed E-state index contributed by atoms with van der Waals surface area (Å²) < 4.78 is 2.03. The number of aliphatic hydroxyl groups is 1. The molecule has 4 nitrogen and oxygen atoms in total. The third-order valence-corrected chi connectivity index (χ3v) is 3.85. The van der Waals surface area contributed by atoms with Crippen LogP contribution in [0.4, 0.5) is 0 Å². The molecule has 2 aromatic rings. The molecule has 0 amide bonds. The molecule has 2 N–H and O–H groups in total. The number of hydrogen-bond acceptors (Lipinski definition) is 3. The van der Waals surface area contributed by atoms with E-state index in [9.17, 15) is 5.11 Å². The summed E-state index contributed by atoms with van der Waals surface area (Å²) in [5, 5.41) is 19.0. The van der Waals surface area contributed by atoms with Gasteiger partial charge in [-0.2, -0.15) is 5.10 Å². The number of fused-ring (bicyclic) bond motifs is 1. The normalized spacial score (nSPS) is 16.9. The van der Waals surface area contributed by atoms with E-state index in [-0.39, 0.29) is 6.10 Å². The van der Waals surface area contributed by atoms with Gasteiger partial charge in [0.2, 0.25) is 0 Å². The summed E-state index contributed by atoms with van der Waals surface area (Å²) in [6.07, 6.45) is 2.16. The molecule has 102 valence electrons. The molecular weight excluding hydrogens is 238 g/mol. The summed E-state index contributed by atoms with van der Waals surface area (Å²) >= 11 is 0. The molecule has 1 atom stereocenters. The Bertz CT molecular complexity index is 560. The highest BCUT2D eigenvalue weighted by atomic mass is 16.3. The fourth-order valence-corrected chi connectivity index (χ4v) is 2.55. The Morgan fingerprint density at radius 3 is 2.95 bits per heavy atom. The summed E-state index contributed by atoms with van der Waals surface area (Å²) in [6, 6.07) is 8.31. The largest absolute Gasteiger partial charge is 0.392 e. The molecule has 1 saturated carbocycles. The van der Waals surface area contributed by atoms with Gasteiger partial charge in [-0.1, -0.05) is 18.2 Å². The van der Waals surface area contributed by atoms with Crippen molar-refractivity contribution in [2.45, 2.75) is 39.0 Å². The number of nitrogens with zero attached hydrogens (tertiary/aromatic N) is 2. The van der Waals surface area contributed by atoms with E-state index in [2.05, 4.69) is 29.5 Å². The number of rotatable bonds is 6. The minimum absolute atomic E-state index is 0.195. The van der Waals surface area contributed by atoms with Crippen molar-refractivity contribution >= 4 is 10.9 Å². The quantitative estimate of drug-likeness (QED) is 0.833. The van der Waals surface area contributed by atoms with Crippen LogP contribution in [0.2, 0.25) is 0 Å². The van der Waals surface area contributed by atoms with Crippen molar-refractivity contribution in [2.75, 3.05) is 6.54 Å². The van der Waals surface area contributed by atoms with Crippen LogP contribution >= 0.6 is 0 Å². The first-order valence-corrected chi connectivity index (χ1v) is 7.12. The molecule has 0 bridgehead atoms. The van der Waals surface area contributed by atoms with E-state index in [0.29, 0.717) is 12.5 Å². The predicted molar refractivity (Wildman–Crippen MR) is 75.8 cm³/mol. The average molecular weight is 259 g/mol. The van der Waals surface area contributed by atoms with Gasteiger partial charge >= 0.3 is 0 Å². The fraction of sp³-hybridized carbons (Fsp3) is 0.533. The number of aromatic nitrogens is 2. The number of benzene rings is 1. The number of aryl methyl sites for hydroxylation is 1. The van der Waals surface area contributed by atoms with Crippen molar-refractivity contribution in [3.63, 3.8) is 0 Å². The summed E-state index contributed by atoms with van der Waals surface area (Å²) in [6.45, 7) is 4.37. The molecule has 0 spiro atoms. The maximum Gasteiger partial charge on any atom is 0.0841 e. The lowest BCUT2D eigenvalue weighted by Crippen LogP contribution is -2.28. The van der Waals surface area contributed by atoms with Gasteiger partial charge in [0.1, 0.15) is 0 Å². The molecular formula is C15H21N3O. The van der Waals surface area contributed by atoms with E-state index in [4.69, 9.17) is 0 Å². The number of nitrogens with one attached hydrogen (secondary N) is 1. The molecule has 1 fully saturated rings. The lowest BCUT2D eigenvalue weighted by atomic mass is 10.2. The van der Waals surface area contributed by atoms with Crippen molar-refractivity contribution < 1.29 is 5.11 Å². The number of aliphatic hydroxyl groups excluding tert-OH is 1. The number of hydrogen-bond donors (Lipinski definition) is 2. The third-order valence-electron chi connectivity index (χ3n) is 3.85. The Kier molecular flexibility index (Phi) is 3.53. The predicted octanol–water partition coefficient (Wildman–Crippen LogP) is 1.92. The third kappa shape index (κ3) is 2.65. The van der Waals surface area contributed by atoms with Crippen LogP contribution in [0, 0.1) is 5.92 Å².